The molecule has 3 heteroatoms. The van der Waals surface area contributed by atoms with Crippen molar-refractivity contribution < 1.29 is 4.79 Å². The monoisotopic (exact) mass is 234 g/mol. The minimum atomic E-state index is 0.00805. The van der Waals surface area contributed by atoms with Crippen molar-refractivity contribution in [2.45, 2.75) is 27.2 Å². The zero-order valence-electron chi connectivity index (χ0n) is 10.9. The molecule has 0 aromatic heterocycles. The Morgan fingerprint density at radius 1 is 1.24 bits per heavy atom. The van der Waals surface area contributed by atoms with Gasteiger partial charge >= 0.3 is 0 Å². The van der Waals surface area contributed by atoms with Gasteiger partial charge in [0.15, 0.2) is 0 Å². The van der Waals surface area contributed by atoms with Crippen molar-refractivity contribution in [3.63, 3.8) is 0 Å². The molecule has 0 unspecified atom stereocenters. The number of hydrogen-bond donors (Lipinski definition) is 2. The Bertz CT molecular complexity index is 344. The maximum absolute atomic E-state index is 11.8. The third-order valence-corrected chi connectivity index (χ3v) is 2.54. The molecule has 0 saturated carbocycles. The van der Waals surface area contributed by atoms with Crippen LogP contribution in [0.2, 0.25) is 0 Å². The minimum absolute atomic E-state index is 0.00805. The highest BCUT2D eigenvalue weighted by Gasteiger charge is 2.04. The van der Waals surface area contributed by atoms with Crippen molar-refractivity contribution in [1.29, 1.82) is 0 Å². The van der Waals surface area contributed by atoms with Gasteiger partial charge in [-0.15, -0.1) is 0 Å². The molecule has 94 valence electrons. The van der Waals surface area contributed by atoms with E-state index in [0.717, 1.165) is 30.8 Å². The largest absolute Gasteiger partial charge is 0.385 e. The summed E-state index contributed by atoms with van der Waals surface area (Å²) in [6.07, 6.45) is 1.02. The van der Waals surface area contributed by atoms with Crippen molar-refractivity contribution in [2.75, 3.05) is 18.4 Å². The number of rotatable bonds is 6. The second-order valence-corrected chi connectivity index (χ2v) is 4.55. The van der Waals surface area contributed by atoms with E-state index in [-0.39, 0.29) is 5.91 Å². The zero-order chi connectivity index (χ0) is 12.7. The van der Waals surface area contributed by atoms with Crippen LogP contribution >= 0.6 is 0 Å². The summed E-state index contributed by atoms with van der Waals surface area (Å²) in [6, 6.07) is 7.56. The van der Waals surface area contributed by atoms with E-state index in [2.05, 4.69) is 24.5 Å². The van der Waals surface area contributed by atoms with Gasteiger partial charge in [0, 0.05) is 24.3 Å². The minimum Gasteiger partial charge on any atom is -0.385 e. The fraction of sp³-hybridized carbons (Fsp3) is 0.500. The molecule has 3 nitrogen and oxygen atoms in total. The van der Waals surface area contributed by atoms with Crippen LogP contribution in [0.4, 0.5) is 5.69 Å². The van der Waals surface area contributed by atoms with Gasteiger partial charge in [0.25, 0.3) is 5.91 Å². The molecule has 0 saturated heterocycles. The van der Waals surface area contributed by atoms with Crippen molar-refractivity contribution in [2.24, 2.45) is 5.92 Å². The number of anilines is 1. The van der Waals surface area contributed by atoms with Crippen molar-refractivity contribution in [3.8, 4) is 0 Å². The number of nitrogens with one attached hydrogen (secondary N) is 2. The second kappa shape index (κ2) is 6.94. The van der Waals surface area contributed by atoms with Crippen molar-refractivity contribution >= 4 is 11.6 Å². The van der Waals surface area contributed by atoms with E-state index in [1.165, 1.54) is 0 Å². The molecule has 0 radical (unpaired) electrons. The molecule has 1 amide bonds. The summed E-state index contributed by atoms with van der Waals surface area (Å²) in [7, 11) is 0. The lowest BCUT2D eigenvalue weighted by Crippen LogP contribution is -2.25. The number of hydrogen-bond acceptors (Lipinski definition) is 2. The first-order chi connectivity index (χ1) is 8.13. The molecule has 0 atom stereocenters. The van der Waals surface area contributed by atoms with Gasteiger partial charge in [-0.2, -0.15) is 0 Å². The molecule has 0 spiro atoms. The third kappa shape index (κ3) is 4.89. The lowest BCUT2D eigenvalue weighted by molar-refractivity contribution is 0.0952. The molecule has 2 N–H and O–H groups in total. The highest BCUT2D eigenvalue weighted by atomic mass is 16.1. The quantitative estimate of drug-likeness (QED) is 0.794. The van der Waals surface area contributed by atoms with Crippen LogP contribution in [0.3, 0.4) is 0 Å². The summed E-state index contributed by atoms with van der Waals surface area (Å²) in [5.41, 5.74) is 1.77. The predicted molar refractivity (Wildman–Crippen MR) is 72.4 cm³/mol. The molecule has 0 heterocycles. The highest BCUT2D eigenvalue weighted by molar-refractivity contribution is 5.94. The van der Waals surface area contributed by atoms with E-state index in [9.17, 15) is 4.79 Å². The smallest absolute Gasteiger partial charge is 0.251 e. The molecule has 0 aliphatic heterocycles. The van der Waals surface area contributed by atoms with Crippen LogP contribution in [0, 0.1) is 5.92 Å². The number of benzene rings is 1. The predicted octanol–water partition coefficient (Wildman–Crippen LogP) is 2.89. The van der Waals surface area contributed by atoms with Gasteiger partial charge in [0.1, 0.15) is 0 Å². The van der Waals surface area contributed by atoms with Crippen LogP contribution in [0.25, 0.3) is 0 Å². The van der Waals surface area contributed by atoms with E-state index in [4.69, 9.17) is 0 Å². The van der Waals surface area contributed by atoms with E-state index < -0.39 is 0 Å². The Morgan fingerprint density at radius 2 is 1.88 bits per heavy atom. The fourth-order valence-electron chi connectivity index (χ4n) is 1.52. The number of carbonyl (C=O) groups is 1. The van der Waals surface area contributed by atoms with Gasteiger partial charge in [-0.1, -0.05) is 13.8 Å². The fourth-order valence-corrected chi connectivity index (χ4v) is 1.52. The number of carbonyl (C=O) groups excluding carboxylic acids is 1. The Hall–Kier alpha value is -1.51. The SMILES string of the molecule is CCNc1ccc(C(=O)NCCC(C)C)cc1. The molecule has 1 aromatic carbocycles. The molecule has 1 rings (SSSR count). The molecule has 1 aromatic rings. The van der Waals surface area contributed by atoms with E-state index >= 15 is 0 Å². The first-order valence-corrected chi connectivity index (χ1v) is 6.25. The lowest BCUT2D eigenvalue weighted by atomic mass is 10.1. The average molecular weight is 234 g/mol. The van der Waals surface area contributed by atoms with E-state index in [1.54, 1.807) is 0 Å². The van der Waals surface area contributed by atoms with Crippen LogP contribution < -0.4 is 10.6 Å². The molecule has 0 aliphatic carbocycles. The molecular formula is C14H22N2O. The standard InChI is InChI=1S/C14H22N2O/c1-4-15-13-7-5-12(6-8-13)14(17)16-10-9-11(2)3/h5-8,11,15H,4,9-10H2,1-3H3,(H,16,17). The summed E-state index contributed by atoms with van der Waals surface area (Å²) in [6.45, 7) is 7.98. The summed E-state index contributed by atoms with van der Waals surface area (Å²) < 4.78 is 0. The topological polar surface area (TPSA) is 41.1 Å². The Kier molecular flexibility index (Phi) is 5.53. The summed E-state index contributed by atoms with van der Waals surface area (Å²) in [4.78, 5) is 11.8. The maximum atomic E-state index is 11.8. The molecule has 17 heavy (non-hydrogen) atoms. The van der Waals surface area contributed by atoms with Gasteiger partial charge in [0.2, 0.25) is 0 Å². The van der Waals surface area contributed by atoms with Gasteiger partial charge in [-0.3, -0.25) is 4.79 Å². The maximum Gasteiger partial charge on any atom is 0.251 e. The Morgan fingerprint density at radius 3 is 2.41 bits per heavy atom. The highest BCUT2D eigenvalue weighted by Crippen LogP contribution is 2.09. The molecule has 0 bridgehead atoms. The zero-order valence-corrected chi connectivity index (χ0v) is 10.9. The normalized spacial score (nSPS) is 10.4. The summed E-state index contributed by atoms with van der Waals surface area (Å²) >= 11 is 0. The Labute approximate surface area is 104 Å². The average Bonchev–Trinajstić information content (AvgIpc) is 2.30. The summed E-state index contributed by atoms with van der Waals surface area (Å²) in [5, 5.41) is 6.12. The van der Waals surface area contributed by atoms with Crippen LogP contribution in [0.1, 0.15) is 37.6 Å². The van der Waals surface area contributed by atoms with Crippen molar-refractivity contribution in [3.05, 3.63) is 29.8 Å². The van der Waals surface area contributed by atoms with Crippen LogP contribution in [0.5, 0.6) is 0 Å². The van der Waals surface area contributed by atoms with Crippen LogP contribution in [-0.4, -0.2) is 19.0 Å². The van der Waals surface area contributed by atoms with Crippen molar-refractivity contribution in [1.82, 2.24) is 5.32 Å². The van der Waals surface area contributed by atoms with E-state index in [0.29, 0.717) is 5.92 Å². The van der Waals surface area contributed by atoms with Gasteiger partial charge < -0.3 is 10.6 Å². The van der Waals surface area contributed by atoms with Crippen LogP contribution in [-0.2, 0) is 0 Å². The lowest BCUT2D eigenvalue weighted by Gasteiger charge is -2.08. The third-order valence-electron chi connectivity index (χ3n) is 2.54. The molecule has 0 fully saturated rings. The van der Waals surface area contributed by atoms with E-state index in [1.807, 2.05) is 31.2 Å². The second-order valence-electron chi connectivity index (χ2n) is 4.55. The summed E-state index contributed by atoms with van der Waals surface area (Å²) in [5.74, 6) is 0.625. The van der Waals surface area contributed by atoms with Gasteiger partial charge in [0.05, 0.1) is 0 Å². The van der Waals surface area contributed by atoms with Gasteiger partial charge in [-0.05, 0) is 43.5 Å². The first kappa shape index (κ1) is 13.6. The first-order valence-electron chi connectivity index (χ1n) is 6.25. The van der Waals surface area contributed by atoms with Crippen LogP contribution in [0.15, 0.2) is 24.3 Å². The number of amides is 1. The Balaban J connectivity index is 2.46. The van der Waals surface area contributed by atoms with Gasteiger partial charge in [-0.25, -0.2) is 0 Å². The molecule has 0 aliphatic rings. The molecular weight excluding hydrogens is 212 g/mol.